The van der Waals surface area contributed by atoms with Crippen molar-refractivity contribution in [2.75, 3.05) is 33.2 Å². The zero-order valence-corrected chi connectivity index (χ0v) is 11.9. The van der Waals surface area contributed by atoms with Crippen LogP contribution in [0, 0.1) is 5.92 Å². The molecule has 3 heteroatoms. The Kier molecular flexibility index (Phi) is 5.48. The second kappa shape index (κ2) is 7.13. The minimum atomic E-state index is 0.825. The van der Waals surface area contributed by atoms with E-state index in [0.29, 0.717) is 0 Å². The third kappa shape index (κ3) is 4.27. The molecule has 0 radical (unpaired) electrons. The maximum Gasteiger partial charge on any atom is 0.0406 e. The highest BCUT2D eigenvalue weighted by molar-refractivity contribution is 6.30. The fourth-order valence-electron chi connectivity index (χ4n) is 2.75. The zero-order chi connectivity index (χ0) is 12.8. The monoisotopic (exact) mass is 266 g/mol. The highest BCUT2D eigenvalue weighted by atomic mass is 35.5. The first kappa shape index (κ1) is 13.9. The lowest BCUT2D eigenvalue weighted by atomic mass is 9.97. The Hall–Kier alpha value is -0.570. The fraction of sp³-hybridized carbons (Fsp3) is 0.600. The van der Waals surface area contributed by atoms with Crippen LogP contribution in [0.2, 0.25) is 5.02 Å². The molecule has 1 N–H and O–H groups in total. The first-order valence-electron chi connectivity index (χ1n) is 6.89. The van der Waals surface area contributed by atoms with Crippen LogP contribution in [0.5, 0.6) is 0 Å². The fourth-order valence-corrected chi connectivity index (χ4v) is 2.87. The van der Waals surface area contributed by atoms with Crippen LogP contribution in [0.15, 0.2) is 24.3 Å². The summed E-state index contributed by atoms with van der Waals surface area (Å²) < 4.78 is 0. The molecule has 1 aliphatic heterocycles. The molecule has 1 aromatic carbocycles. The Bertz CT molecular complexity index is 348. The summed E-state index contributed by atoms with van der Waals surface area (Å²) in [6.07, 6.45) is 3.84. The number of halogens is 1. The van der Waals surface area contributed by atoms with Crippen molar-refractivity contribution in [3.8, 4) is 0 Å². The van der Waals surface area contributed by atoms with Gasteiger partial charge in [-0.3, -0.25) is 0 Å². The van der Waals surface area contributed by atoms with E-state index in [2.05, 4.69) is 22.3 Å². The summed E-state index contributed by atoms with van der Waals surface area (Å²) in [7, 11) is 2.05. The highest BCUT2D eigenvalue weighted by Gasteiger charge is 2.18. The number of nitrogens with zero attached hydrogens (tertiary/aromatic N) is 1. The van der Waals surface area contributed by atoms with Crippen molar-refractivity contribution in [3.05, 3.63) is 34.9 Å². The van der Waals surface area contributed by atoms with E-state index in [-0.39, 0.29) is 0 Å². The normalized spacial score (nSPS) is 21.1. The van der Waals surface area contributed by atoms with E-state index in [1.165, 1.54) is 38.0 Å². The third-order valence-corrected chi connectivity index (χ3v) is 3.98. The first-order chi connectivity index (χ1) is 8.78. The van der Waals surface area contributed by atoms with Crippen LogP contribution in [-0.2, 0) is 6.42 Å². The Morgan fingerprint density at radius 2 is 2.11 bits per heavy atom. The number of rotatable bonds is 5. The van der Waals surface area contributed by atoms with Gasteiger partial charge in [-0.25, -0.2) is 0 Å². The lowest BCUT2D eigenvalue weighted by molar-refractivity contribution is 0.175. The molecule has 1 atom stereocenters. The largest absolute Gasteiger partial charge is 0.319 e. The highest BCUT2D eigenvalue weighted by Crippen LogP contribution is 2.16. The molecule has 1 fully saturated rings. The molecule has 1 aromatic rings. The van der Waals surface area contributed by atoms with Crippen LogP contribution < -0.4 is 5.32 Å². The van der Waals surface area contributed by atoms with Crippen molar-refractivity contribution < 1.29 is 0 Å². The number of hydrogen-bond donors (Lipinski definition) is 1. The summed E-state index contributed by atoms with van der Waals surface area (Å²) in [6.45, 7) is 4.82. The molecule has 0 bridgehead atoms. The molecule has 1 aliphatic rings. The van der Waals surface area contributed by atoms with Crippen molar-refractivity contribution in [3.63, 3.8) is 0 Å². The first-order valence-corrected chi connectivity index (χ1v) is 7.27. The summed E-state index contributed by atoms with van der Waals surface area (Å²) in [5, 5.41) is 4.12. The van der Waals surface area contributed by atoms with Gasteiger partial charge in [-0.2, -0.15) is 0 Å². The number of piperidine rings is 1. The van der Waals surface area contributed by atoms with Gasteiger partial charge in [-0.05, 0) is 63.0 Å². The maximum absolute atomic E-state index is 5.90. The predicted molar refractivity (Wildman–Crippen MR) is 78.2 cm³/mol. The van der Waals surface area contributed by atoms with Gasteiger partial charge in [0.1, 0.15) is 0 Å². The van der Waals surface area contributed by atoms with Crippen molar-refractivity contribution in [1.29, 1.82) is 0 Å². The van der Waals surface area contributed by atoms with Crippen molar-refractivity contribution >= 4 is 11.6 Å². The number of nitrogens with one attached hydrogen (secondary N) is 1. The second-order valence-corrected chi connectivity index (χ2v) is 5.68. The SMILES string of the molecule is CNC[C@@H]1CCCN(CCc2ccc(Cl)cc2)C1. The Balaban J connectivity index is 1.77. The van der Waals surface area contributed by atoms with Gasteiger partial charge in [-0.1, -0.05) is 23.7 Å². The quantitative estimate of drug-likeness (QED) is 0.882. The van der Waals surface area contributed by atoms with Crippen LogP contribution in [0.3, 0.4) is 0 Å². The Morgan fingerprint density at radius 1 is 1.33 bits per heavy atom. The van der Waals surface area contributed by atoms with E-state index >= 15 is 0 Å². The maximum atomic E-state index is 5.90. The lowest BCUT2D eigenvalue weighted by Gasteiger charge is -2.32. The molecule has 1 heterocycles. The van der Waals surface area contributed by atoms with Gasteiger partial charge in [0.2, 0.25) is 0 Å². The molecule has 0 saturated carbocycles. The minimum Gasteiger partial charge on any atom is -0.319 e. The minimum absolute atomic E-state index is 0.825. The molecular weight excluding hydrogens is 244 g/mol. The average Bonchev–Trinajstić information content (AvgIpc) is 2.39. The summed E-state index contributed by atoms with van der Waals surface area (Å²) in [4.78, 5) is 2.60. The molecule has 2 rings (SSSR count). The molecule has 100 valence electrons. The Labute approximate surface area is 115 Å². The van der Waals surface area contributed by atoms with Gasteiger partial charge in [0.15, 0.2) is 0 Å². The van der Waals surface area contributed by atoms with Crippen molar-refractivity contribution in [2.24, 2.45) is 5.92 Å². The molecule has 1 saturated heterocycles. The molecule has 0 aromatic heterocycles. The summed E-state index contributed by atoms with van der Waals surface area (Å²) in [6, 6.07) is 8.24. The summed E-state index contributed by atoms with van der Waals surface area (Å²) in [5.41, 5.74) is 1.38. The van der Waals surface area contributed by atoms with Crippen LogP contribution in [0.25, 0.3) is 0 Å². The number of benzene rings is 1. The third-order valence-electron chi connectivity index (χ3n) is 3.73. The van der Waals surface area contributed by atoms with E-state index in [9.17, 15) is 0 Å². The van der Waals surface area contributed by atoms with Crippen LogP contribution in [0.4, 0.5) is 0 Å². The molecule has 2 nitrogen and oxygen atoms in total. The smallest absolute Gasteiger partial charge is 0.0406 e. The van der Waals surface area contributed by atoms with Crippen LogP contribution in [-0.4, -0.2) is 38.1 Å². The average molecular weight is 267 g/mol. The molecular formula is C15H23ClN2. The van der Waals surface area contributed by atoms with E-state index in [0.717, 1.165) is 23.9 Å². The van der Waals surface area contributed by atoms with Gasteiger partial charge in [-0.15, -0.1) is 0 Å². The Morgan fingerprint density at radius 3 is 2.83 bits per heavy atom. The van der Waals surface area contributed by atoms with Gasteiger partial charge < -0.3 is 10.2 Å². The predicted octanol–water partition coefficient (Wildman–Crippen LogP) is 2.81. The topological polar surface area (TPSA) is 15.3 Å². The van der Waals surface area contributed by atoms with Gasteiger partial charge in [0.25, 0.3) is 0 Å². The molecule has 0 aliphatic carbocycles. The van der Waals surface area contributed by atoms with E-state index in [1.807, 2.05) is 19.2 Å². The number of likely N-dealkylation sites (tertiary alicyclic amines) is 1. The lowest BCUT2D eigenvalue weighted by Crippen LogP contribution is -2.39. The van der Waals surface area contributed by atoms with E-state index < -0.39 is 0 Å². The van der Waals surface area contributed by atoms with E-state index in [1.54, 1.807) is 0 Å². The van der Waals surface area contributed by atoms with Gasteiger partial charge >= 0.3 is 0 Å². The van der Waals surface area contributed by atoms with Crippen LogP contribution >= 0.6 is 11.6 Å². The second-order valence-electron chi connectivity index (χ2n) is 5.24. The van der Waals surface area contributed by atoms with Gasteiger partial charge in [0.05, 0.1) is 0 Å². The summed E-state index contributed by atoms with van der Waals surface area (Å²) >= 11 is 5.90. The van der Waals surface area contributed by atoms with Gasteiger partial charge in [0, 0.05) is 18.1 Å². The molecule has 0 unspecified atom stereocenters. The standard InChI is InChI=1S/C15H23ClN2/c1-17-11-14-3-2-9-18(12-14)10-8-13-4-6-15(16)7-5-13/h4-7,14,17H,2-3,8-12H2,1H3/t14-/m0/s1. The molecule has 18 heavy (non-hydrogen) atoms. The van der Waals surface area contributed by atoms with Crippen molar-refractivity contribution in [2.45, 2.75) is 19.3 Å². The number of hydrogen-bond acceptors (Lipinski definition) is 2. The van der Waals surface area contributed by atoms with Crippen molar-refractivity contribution in [1.82, 2.24) is 10.2 Å². The van der Waals surface area contributed by atoms with Crippen LogP contribution in [0.1, 0.15) is 18.4 Å². The molecule has 0 spiro atoms. The summed E-state index contributed by atoms with van der Waals surface area (Å²) in [5.74, 6) is 0.828. The molecule has 0 amide bonds. The van der Waals surface area contributed by atoms with E-state index in [4.69, 9.17) is 11.6 Å². The zero-order valence-electron chi connectivity index (χ0n) is 11.2.